The summed E-state index contributed by atoms with van der Waals surface area (Å²) in [6.07, 6.45) is 0. The summed E-state index contributed by atoms with van der Waals surface area (Å²) in [6.45, 7) is 7.64. The molecule has 0 aliphatic carbocycles. The number of hydrogen-bond donors (Lipinski definition) is 0. The van der Waals surface area contributed by atoms with Crippen LogP contribution < -0.4 is 0 Å². The molecule has 17 heavy (non-hydrogen) atoms. The second-order valence-electron chi connectivity index (χ2n) is 5.37. The van der Waals surface area contributed by atoms with E-state index in [0.29, 0.717) is 0 Å². The standard InChI is InChI=1S/C12H17NO3S/c1-11(2,3)12(4)13(16-12)17(14,15)10-8-6-5-7-9-10/h5-9H,1-4H3. The van der Waals surface area contributed by atoms with Crippen molar-refractivity contribution in [1.82, 2.24) is 4.47 Å². The molecular formula is C12H17NO3S. The van der Waals surface area contributed by atoms with Gasteiger partial charge in [0.25, 0.3) is 10.0 Å². The van der Waals surface area contributed by atoms with E-state index >= 15 is 0 Å². The lowest BCUT2D eigenvalue weighted by Gasteiger charge is -2.22. The Bertz CT molecular complexity index is 518. The summed E-state index contributed by atoms with van der Waals surface area (Å²) in [5.74, 6) is 0. The zero-order chi connectivity index (χ0) is 12.9. The van der Waals surface area contributed by atoms with Crippen LogP contribution >= 0.6 is 0 Å². The SMILES string of the molecule is CC(C)(C)C1(C)ON1S(=O)(=O)c1ccccc1. The van der Waals surface area contributed by atoms with Crippen LogP contribution in [-0.2, 0) is 14.9 Å². The van der Waals surface area contributed by atoms with E-state index in [4.69, 9.17) is 4.84 Å². The van der Waals surface area contributed by atoms with E-state index in [2.05, 4.69) is 0 Å². The molecule has 1 aliphatic heterocycles. The molecule has 94 valence electrons. The van der Waals surface area contributed by atoms with Crippen LogP contribution in [0.3, 0.4) is 0 Å². The molecule has 0 aromatic heterocycles. The van der Waals surface area contributed by atoms with Gasteiger partial charge in [0.15, 0.2) is 5.72 Å². The number of rotatable bonds is 2. The lowest BCUT2D eigenvalue weighted by molar-refractivity contribution is 0.169. The Morgan fingerprint density at radius 3 is 2.12 bits per heavy atom. The highest BCUT2D eigenvalue weighted by Crippen LogP contribution is 2.51. The largest absolute Gasteiger partial charge is 0.267 e. The van der Waals surface area contributed by atoms with E-state index in [0.717, 1.165) is 4.47 Å². The smallest absolute Gasteiger partial charge is 0.255 e. The average molecular weight is 255 g/mol. The van der Waals surface area contributed by atoms with Gasteiger partial charge in [0.1, 0.15) is 0 Å². The Morgan fingerprint density at radius 1 is 1.18 bits per heavy atom. The molecule has 2 rings (SSSR count). The number of benzene rings is 1. The zero-order valence-electron chi connectivity index (χ0n) is 10.5. The number of nitrogens with zero attached hydrogens (tertiary/aromatic N) is 1. The molecule has 1 aromatic rings. The second-order valence-corrected chi connectivity index (χ2v) is 7.12. The molecule has 5 heteroatoms. The molecule has 0 radical (unpaired) electrons. The maximum Gasteiger partial charge on any atom is 0.267 e. The van der Waals surface area contributed by atoms with Crippen LogP contribution in [0.1, 0.15) is 27.7 Å². The third-order valence-corrected chi connectivity index (χ3v) is 4.96. The van der Waals surface area contributed by atoms with Crippen molar-refractivity contribution in [2.24, 2.45) is 5.41 Å². The van der Waals surface area contributed by atoms with Crippen LogP contribution in [0, 0.1) is 5.41 Å². The maximum absolute atomic E-state index is 12.3. The highest BCUT2D eigenvalue weighted by atomic mass is 32.2. The van der Waals surface area contributed by atoms with E-state index < -0.39 is 15.7 Å². The van der Waals surface area contributed by atoms with Crippen molar-refractivity contribution in [2.45, 2.75) is 38.3 Å². The van der Waals surface area contributed by atoms with E-state index in [1.54, 1.807) is 37.3 Å². The van der Waals surface area contributed by atoms with Gasteiger partial charge in [0.05, 0.1) is 4.90 Å². The lowest BCUT2D eigenvalue weighted by Crippen LogP contribution is -2.33. The fourth-order valence-corrected chi connectivity index (χ4v) is 3.19. The summed E-state index contributed by atoms with van der Waals surface area (Å²) < 4.78 is 25.6. The van der Waals surface area contributed by atoms with E-state index in [-0.39, 0.29) is 10.3 Å². The minimum absolute atomic E-state index is 0.257. The van der Waals surface area contributed by atoms with Gasteiger partial charge in [-0.3, -0.25) is 4.84 Å². The van der Waals surface area contributed by atoms with Gasteiger partial charge in [-0.2, -0.15) is 0 Å². The molecule has 1 heterocycles. The van der Waals surface area contributed by atoms with Crippen molar-refractivity contribution in [3.8, 4) is 0 Å². The Labute approximate surface area is 102 Å². The van der Waals surface area contributed by atoms with Gasteiger partial charge >= 0.3 is 0 Å². The first kappa shape index (κ1) is 12.5. The predicted octanol–water partition coefficient (Wildman–Crippen LogP) is 2.38. The van der Waals surface area contributed by atoms with Crippen LogP contribution in [0.2, 0.25) is 0 Å². The van der Waals surface area contributed by atoms with Crippen molar-refractivity contribution >= 4 is 10.0 Å². The molecule has 1 saturated heterocycles. The van der Waals surface area contributed by atoms with Crippen molar-refractivity contribution in [2.75, 3.05) is 0 Å². The van der Waals surface area contributed by atoms with E-state index in [1.807, 2.05) is 20.8 Å². The summed E-state index contributed by atoms with van der Waals surface area (Å²) in [5, 5.41) is 0. The first-order valence-corrected chi connectivity index (χ1v) is 6.93. The third-order valence-electron chi connectivity index (χ3n) is 3.23. The molecule has 1 aliphatic rings. The van der Waals surface area contributed by atoms with Crippen molar-refractivity contribution in [3.63, 3.8) is 0 Å². The number of hydroxylamine groups is 1. The maximum atomic E-state index is 12.3. The quantitative estimate of drug-likeness (QED) is 0.762. The molecule has 0 bridgehead atoms. The predicted molar refractivity (Wildman–Crippen MR) is 64.4 cm³/mol. The van der Waals surface area contributed by atoms with Gasteiger partial charge in [-0.25, -0.2) is 8.42 Å². The van der Waals surface area contributed by atoms with Crippen molar-refractivity contribution < 1.29 is 13.3 Å². The van der Waals surface area contributed by atoms with E-state index in [9.17, 15) is 8.42 Å². The number of hydrogen-bond acceptors (Lipinski definition) is 3. The molecule has 0 amide bonds. The van der Waals surface area contributed by atoms with Crippen LogP contribution in [0.25, 0.3) is 0 Å². The monoisotopic (exact) mass is 255 g/mol. The van der Waals surface area contributed by atoms with Gasteiger partial charge in [0.2, 0.25) is 0 Å². The van der Waals surface area contributed by atoms with Crippen molar-refractivity contribution in [1.29, 1.82) is 0 Å². The van der Waals surface area contributed by atoms with Gasteiger partial charge in [-0.1, -0.05) is 39.0 Å². The summed E-state index contributed by atoms with van der Waals surface area (Å²) >= 11 is 0. The topological polar surface area (TPSA) is 49.7 Å². The minimum atomic E-state index is -3.55. The Balaban J connectivity index is 2.34. The van der Waals surface area contributed by atoms with Crippen molar-refractivity contribution in [3.05, 3.63) is 30.3 Å². The molecule has 0 N–H and O–H groups in total. The van der Waals surface area contributed by atoms with Crippen LogP contribution in [0.15, 0.2) is 35.2 Å². The zero-order valence-corrected chi connectivity index (χ0v) is 11.3. The van der Waals surface area contributed by atoms with Gasteiger partial charge < -0.3 is 0 Å². The summed E-state index contributed by atoms with van der Waals surface area (Å²) in [6, 6.07) is 8.32. The first-order valence-electron chi connectivity index (χ1n) is 5.49. The molecule has 2 unspecified atom stereocenters. The van der Waals surface area contributed by atoms with Crippen LogP contribution in [0.5, 0.6) is 0 Å². The molecule has 1 fully saturated rings. The van der Waals surface area contributed by atoms with Crippen LogP contribution in [0.4, 0.5) is 0 Å². The van der Waals surface area contributed by atoms with Gasteiger partial charge in [-0.15, -0.1) is 0 Å². The van der Waals surface area contributed by atoms with E-state index in [1.165, 1.54) is 0 Å². The fourth-order valence-electron chi connectivity index (χ4n) is 1.52. The minimum Gasteiger partial charge on any atom is -0.255 e. The summed E-state index contributed by atoms with van der Waals surface area (Å²) in [4.78, 5) is 5.59. The summed E-state index contributed by atoms with van der Waals surface area (Å²) in [7, 11) is -3.55. The van der Waals surface area contributed by atoms with Crippen LogP contribution in [-0.4, -0.2) is 18.6 Å². The Morgan fingerprint density at radius 2 is 1.71 bits per heavy atom. The average Bonchev–Trinajstić information content (AvgIpc) is 2.94. The highest BCUT2D eigenvalue weighted by Gasteiger charge is 2.65. The Kier molecular flexibility index (Phi) is 2.61. The first-order chi connectivity index (χ1) is 7.69. The molecule has 0 spiro atoms. The molecule has 2 atom stereocenters. The Hall–Kier alpha value is -0.910. The molecule has 4 nitrogen and oxygen atoms in total. The molecule has 0 saturated carbocycles. The van der Waals surface area contributed by atoms with Gasteiger partial charge in [-0.05, 0) is 23.5 Å². The second kappa shape index (κ2) is 3.54. The number of sulfonamides is 1. The van der Waals surface area contributed by atoms with Gasteiger partial charge in [0, 0.05) is 5.41 Å². The third kappa shape index (κ3) is 1.88. The lowest BCUT2D eigenvalue weighted by atomic mass is 9.87. The highest BCUT2D eigenvalue weighted by molar-refractivity contribution is 7.89. The normalized spacial score (nSPS) is 29.1. The fraction of sp³-hybridized carbons (Fsp3) is 0.500. The molecule has 1 aromatic carbocycles. The molecular weight excluding hydrogens is 238 g/mol. The summed E-state index contributed by atoms with van der Waals surface area (Å²) in [5.41, 5.74) is -1.03.